The Bertz CT molecular complexity index is 988. The van der Waals surface area contributed by atoms with Gasteiger partial charge in [-0.3, -0.25) is 0 Å². The van der Waals surface area contributed by atoms with E-state index < -0.39 is 0 Å². The summed E-state index contributed by atoms with van der Waals surface area (Å²) in [6.07, 6.45) is 2.86. The average Bonchev–Trinajstić information content (AvgIpc) is 2.71. The van der Waals surface area contributed by atoms with Gasteiger partial charge in [0.15, 0.2) is 0 Å². The highest BCUT2D eigenvalue weighted by Gasteiger charge is 2.28. The fourth-order valence-corrected chi connectivity index (χ4v) is 4.16. The molecule has 0 aliphatic rings. The lowest BCUT2D eigenvalue weighted by atomic mass is 9.73. The first-order valence-electron chi connectivity index (χ1n) is 10.7. The third kappa shape index (κ3) is 4.79. The Labute approximate surface area is 181 Å². The Morgan fingerprint density at radius 3 is 1.77 bits per heavy atom. The van der Waals surface area contributed by atoms with E-state index >= 15 is 0 Å². The van der Waals surface area contributed by atoms with Gasteiger partial charge < -0.3 is 17.2 Å². The normalized spacial score (nSPS) is 13.7. The number of anilines is 3. The molecule has 1 unspecified atom stereocenters. The minimum absolute atomic E-state index is 0.00153. The molecule has 3 aromatic carbocycles. The molecule has 0 aliphatic heterocycles. The summed E-state index contributed by atoms with van der Waals surface area (Å²) >= 11 is 0. The summed E-state index contributed by atoms with van der Waals surface area (Å²) in [5.74, 6) is 0. The second-order valence-corrected chi connectivity index (χ2v) is 9.43. The molecule has 0 bridgehead atoms. The number of hydrogen-bond acceptors (Lipinski definition) is 3. The zero-order chi connectivity index (χ0) is 21.9. The highest BCUT2D eigenvalue weighted by atomic mass is 14.6. The number of nitrogens with two attached hydrogens (primary N) is 3. The van der Waals surface area contributed by atoms with Gasteiger partial charge in [0, 0.05) is 17.1 Å². The van der Waals surface area contributed by atoms with E-state index in [1.807, 2.05) is 24.3 Å². The first kappa shape index (κ1) is 21.8. The van der Waals surface area contributed by atoms with Crippen LogP contribution in [0.2, 0.25) is 0 Å². The fraction of sp³-hybridized carbons (Fsp3) is 0.333. The largest absolute Gasteiger partial charge is 0.399 e. The molecule has 3 rings (SSSR count). The van der Waals surface area contributed by atoms with E-state index in [-0.39, 0.29) is 10.8 Å². The number of rotatable bonds is 7. The van der Waals surface area contributed by atoms with Gasteiger partial charge in [-0.05, 0) is 82.7 Å². The zero-order valence-electron chi connectivity index (χ0n) is 18.7. The van der Waals surface area contributed by atoms with Crippen LogP contribution in [0.1, 0.15) is 56.4 Å². The van der Waals surface area contributed by atoms with Crippen LogP contribution in [0.3, 0.4) is 0 Å². The van der Waals surface area contributed by atoms with E-state index in [0.29, 0.717) is 0 Å². The van der Waals surface area contributed by atoms with Crippen LogP contribution in [0.5, 0.6) is 0 Å². The third-order valence-corrected chi connectivity index (χ3v) is 6.52. The second-order valence-electron chi connectivity index (χ2n) is 9.43. The van der Waals surface area contributed by atoms with Crippen molar-refractivity contribution in [3.05, 3.63) is 89.0 Å². The van der Waals surface area contributed by atoms with Crippen LogP contribution in [-0.4, -0.2) is 0 Å². The lowest BCUT2D eigenvalue weighted by Crippen LogP contribution is -2.26. The van der Waals surface area contributed by atoms with Gasteiger partial charge in [0.1, 0.15) is 0 Å². The summed E-state index contributed by atoms with van der Waals surface area (Å²) in [6.45, 7) is 9.13. The molecule has 0 saturated carbocycles. The van der Waals surface area contributed by atoms with Crippen LogP contribution in [0.25, 0.3) is 0 Å². The molecule has 0 radical (unpaired) electrons. The SMILES string of the molecule is CCC(C)(Cc1cc(C(C)(C)Cc2ccc(N)cc2)ccc1N)c1ccc(N)cc1. The molecule has 0 aromatic heterocycles. The summed E-state index contributed by atoms with van der Waals surface area (Å²) in [7, 11) is 0. The Kier molecular flexibility index (Phi) is 6.12. The van der Waals surface area contributed by atoms with Gasteiger partial charge in [-0.1, -0.05) is 64.1 Å². The smallest absolute Gasteiger partial charge is 0.0347 e. The van der Waals surface area contributed by atoms with Crippen LogP contribution in [-0.2, 0) is 23.7 Å². The summed E-state index contributed by atoms with van der Waals surface area (Å²) in [4.78, 5) is 0. The minimum Gasteiger partial charge on any atom is -0.399 e. The van der Waals surface area contributed by atoms with Gasteiger partial charge in [-0.15, -0.1) is 0 Å². The summed E-state index contributed by atoms with van der Waals surface area (Å²) in [5, 5.41) is 0. The monoisotopic (exact) mass is 401 g/mol. The van der Waals surface area contributed by atoms with E-state index in [4.69, 9.17) is 17.2 Å². The van der Waals surface area contributed by atoms with Crippen molar-refractivity contribution in [1.29, 1.82) is 0 Å². The molecular weight excluding hydrogens is 366 g/mol. The van der Waals surface area contributed by atoms with Crippen molar-refractivity contribution in [1.82, 2.24) is 0 Å². The lowest BCUT2D eigenvalue weighted by molar-refractivity contribution is 0.451. The topological polar surface area (TPSA) is 78.1 Å². The molecule has 0 fully saturated rings. The van der Waals surface area contributed by atoms with E-state index in [1.54, 1.807) is 0 Å². The maximum absolute atomic E-state index is 6.43. The predicted molar refractivity (Wildman–Crippen MR) is 131 cm³/mol. The summed E-state index contributed by atoms with van der Waals surface area (Å²) < 4.78 is 0. The molecule has 0 saturated heterocycles. The maximum atomic E-state index is 6.43. The Morgan fingerprint density at radius 2 is 1.20 bits per heavy atom. The highest BCUT2D eigenvalue weighted by Crippen LogP contribution is 2.36. The van der Waals surface area contributed by atoms with Gasteiger partial charge in [0.05, 0.1) is 0 Å². The van der Waals surface area contributed by atoms with Gasteiger partial charge in [-0.2, -0.15) is 0 Å². The predicted octanol–water partition coefficient (Wildman–Crippen LogP) is 5.86. The average molecular weight is 402 g/mol. The number of benzene rings is 3. The van der Waals surface area contributed by atoms with E-state index in [0.717, 1.165) is 36.3 Å². The number of nitrogen functional groups attached to an aromatic ring is 3. The second kappa shape index (κ2) is 8.43. The third-order valence-electron chi connectivity index (χ3n) is 6.52. The molecule has 3 heteroatoms. The van der Waals surface area contributed by atoms with Crippen LogP contribution >= 0.6 is 0 Å². The fourth-order valence-electron chi connectivity index (χ4n) is 4.16. The molecule has 0 aliphatic carbocycles. The maximum Gasteiger partial charge on any atom is 0.0347 e. The number of hydrogen-bond donors (Lipinski definition) is 3. The molecule has 0 amide bonds. The Balaban J connectivity index is 1.90. The first-order chi connectivity index (χ1) is 14.1. The molecule has 0 spiro atoms. The zero-order valence-corrected chi connectivity index (χ0v) is 18.7. The van der Waals surface area contributed by atoms with E-state index in [1.165, 1.54) is 22.3 Å². The molecule has 158 valence electrons. The summed E-state index contributed by atoms with van der Waals surface area (Å²) in [6, 6.07) is 23.0. The van der Waals surface area contributed by atoms with Gasteiger partial charge in [-0.25, -0.2) is 0 Å². The van der Waals surface area contributed by atoms with Crippen LogP contribution < -0.4 is 17.2 Å². The molecular formula is C27H35N3. The van der Waals surface area contributed by atoms with E-state index in [2.05, 4.69) is 70.2 Å². The van der Waals surface area contributed by atoms with Gasteiger partial charge in [0.2, 0.25) is 0 Å². The Hall–Kier alpha value is -2.94. The lowest BCUT2D eigenvalue weighted by Gasteiger charge is -2.31. The van der Waals surface area contributed by atoms with Crippen molar-refractivity contribution < 1.29 is 0 Å². The van der Waals surface area contributed by atoms with Crippen molar-refractivity contribution in [2.45, 2.75) is 57.8 Å². The van der Waals surface area contributed by atoms with Gasteiger partial charge >= 0.3 is 0 Å². The quantitative estimate of drug-likeness (QED) is 0.434. The van der Waals surface area contributed by atoms with Crippen molar-refractivity contribution in [2.75, 3.05) is 17.2 Å². The molecule has 3 nitrogen and oxygen atoms in total. The van der Waals surface area contributed by atoms with Crippen molar-refractivity contribution in [2.24, 2.45) is 0 Å². The van der Waals surface area contributed by atoms with E-state index in [9.17, 15) is 0 Å². The molecule has 1 atom stereocenters. The van der Waals surface area contributed by atoms with Crippen LogP contribution in [0.15, 0.2) is 66.7 Å². The first-order valence-corrected chi connectivity index (χ1v) is 10.7. The van der Waals surface area contributed by atoms with Gasteiger partial charge in [0.25, 0.3) is 0 Å². The van der Waals surface area contributed by atoms with Crippen molar-refractivity contribution >= 4 is 17.1 Å². The van der Waals surface area contributed by atoms with Crippen LogP contribution in [0.4, 0.5) is 17.1 Å². The molecule has 30 heavy (non-hydrogen) atoms. The molecule has 6 N–H and O–H groups in total. The molecule has 0 heterocycles. The standard InChI is InChI=1S/C27H35N3/c1-5-27(4,21-8-13-24(29)14-9-21)18-20-16-22(10-15-25(20)30)26(2,3)17-19-6-11-23(28)12-7-19/h6-16H,5,17-18,28-30H2,1-4H3. The highest BCUT2D eigenvalue weighted by molar-refractivity contribution is 5.52. The van der Waals surface area contributed by atoms with Crippen molar-refractivity contribution in [3.8, 4) is 0 Å². The summed E-state index contributed by atoms with van der Waals surface area (Å²) in [5.41, 5.74) is 25.7. The Morgan fingerprint density at radius 1 is 0.667 bits per heavy atom. The minimum atomic E-state index is -0.0115. The van der Waals surface area contributed by atoms with Crippen molar-refractivity contribution in [3.63, 3.8) is 0 Å². The molecule has 3 aromatic rings. The van der Waals surface area contributed by atoms with Crippen LogP contribution in [0, 0.1) is 0 Å².